The lowest BCUT2D eigenvalue weighted by Crippen LogP contribution is -2.32. The highest BCUT2D eigenvalue weighted by Gasteiger charge is 2.25. The van der Waals surface area contributed by atoms with E-state index in [1.807, 2.05) is 0 Å². The summed E-state index contributed by atoms with van der Waals surface area (Å²) >= 11 is 0. The van der Waals surface area contributed by atoms with Crippen LogP contribution in [0.3, 0.4) is 0 Å². The number of fused-ring (bicyclic) bond motifs is 1. The van der Waals surface area contributed by atoms with Crippen LogP contribution < -0.4 is 10.6 Å². The van der Waals surface area contributed by atoms with E-state index in [2.05, 4.69) is 60.4 Å². The van der Waals surface area contributed by atoms with Crippen molar-refractivity contribution >= 4 is 5.69 Å². The molecular formula is C17H20N2. The monoisotopic (exact) mass is 252 g/mol. The van der Waals surface area contributed by atoms with Gasteiger partial charge in [0, 0.05) is 18.8 Å². The molecule has 0 aliphatic carbocycles. The first kappa shape index (κ1) is 12.2. The minimum absolute atomic E-state index is 0.282. The number of hydrogen-bond donors (Lipinski definition) is 1. The molecule has 1 heterocycles. The van der Waals surface area contributed by atoms with Crippen LogP contribution in [-0.4, -0.2) is 13.1 Å². The lowest BCUT2D eigenvalue weighted by molar-refractivity contribution is 0.649. The average Bonchev–Trinajstić information content (AvgIpc) is 2.86. The molecule has 3 rings (SSSR count). The van der Waals surface area contributed by atoms with Gasteiger partial charge in [-0.1, -0.05) is 48.0 Å². The molecule has 1 aliphatic rings. The van der Waals surface area contributed by atoms with Crippen molar-refractivity contribution < 1.29 is 0 Å². The Labute approximate surface area is 114 Å². The molecule has 1 aliphatic heterocycles. The third-order valence-corrected chi connectivity index (χ3v) is 3.98. The smallest absolute Gasteiger partial charge is 0.0665 e. The molecule has 1 unspecified atom stereocenters. The summed E-state index contributed by atoms with van der Waals surface area (Å²) in [5, 5.41) is 0. The second-order valence-corrected chi connectivity index (χ2v) is 5.23. The van der Waals surface area contributed by atoms with Gasteiger partial charge in [-0.2, -0.15) is 0 Å². The van der Waals surface area contributed by atoms with Gasteiger partial charge in [-0.15, -0.1) is 0 Å². The van der Waals surface area contributed by atoms with Crippen molar-refractivity contribution in [2.45, 2.75) is 19.4 Å². The summed E-state index contributed by atoms with van der Waals surface area (Å²) in [7, 11) is 0. The molecule has 1 atom stereocenters. The second kappa shape index (κ2) is 5.06. The number of hydrogen-bond acceptors (Lipinski definition) is 2. The molecule has 2 nitrogen and oxygen atoms in total. The molecule has 2 aromatic carbocycles. The van der Waals surface area contributed by atoms with Crippen molar-refractivity contribution in [1.29, 1.82) is 0 Å². The summed E-state index contributed by atoms with van der Waals surface area (Å²) in [6.07, 6.45) is 1.12. The molecule has 2 N–H and O–H groups in total. The van der Waals surface area contributed by atoms with Crippen LogP contribution in [0, 0.1) is 6.92 Å². The van der Waals surface area contributed by atoms with E-state index in [4.69, 9.17) is 5.73 Å². The summed E-state index contributed by atoms with van der Waals surface area (Å²) in [5.74, 6) is 0. The molecule has 0 saturated heterocycles. The quantitative estimate of drug-likeness (QED) is 0.909. The summed E-state index contributed by atoms with van der Waals surface area (Å²) in [6.45, 7) is 3.83. The van der Waals surface area contributed by atoms with E-state index in [1.165, 1.54) is 22.4 Å². The van der Waals surface area contributed by atoms with Crippen molar-refractivity contribution in [2.24, 2.45) is 5.73 Å². The highest BCUT2D eigenvalue weighted by molar-refractivity contribution is 5.59. The highest BCUT2D eigenvalue weighted by atomic mass is 15.2. The Bertz CT molecular complexity index is 560. The molecule has 0 bridgehead atoms. The number of nitrogens with two attached hydrogens (primary N) is 1. The number of rotatable bonds is 3. The maximum absolute atomic E-state index is 6.04. The van der Waals surface area contributed by atoms with E-state index in [1.54, 1.807) is 0 Å². The Balaban J connectivity index is 1.94. The van der Waals surface area contributed by atoms with E-state index in [0.717, 1.165) is 13.0 Å². The minimum Gasteiger partial charge on any atom is -0.363 e. The largest absolute Gasteiger partial charge is 0.363 e. The number of benzene rings is 2. The van der Waals surface area contributed by atoms with E-state index in [-0.39, 0.29) is 6.04 Å². The van der Waals surface area contributed by atoms with E-state index in [9.17, 15) is 0 Å². The van der Waals surface area contributed by atoms with Crippen molar-refractivity contribution in [1.82, 2.24) is 0 Å². The Morgan fingerprint density at radius 2 is 1.84 bits per heavy atom. The zero-order chi connectivity index (χ0) is 13.2. The third-order valence-electron chi connectivity index (χ3n) is 3.98. The van der Waals surface area contributed by atoms with Gasteiger partial charge in [0.2, 0.25) is 0 Å². The summed E-state index contributed by atoms with van der Waals surface area (Å²) in [4.78, 5) is 2.44. The van der Waals surface area contributed by atoms with Crippen LogP contribution in [-0.2, 0) is 6.42 Å². The molecule has 2 aromatic rings. The van der Waals surface area contributed by atoms with Crippen LogP contribution in [0.25, 0.3) is 0 Å². The first-order valence-electron chi connectivity index (χ1n) is 6.91. The molecule has 0 amide bonds. The van der Waals surface area contributed by atoms with Crippen LogP contribution in [0.2, 0.25) is 0 Å². The molecular weight excluding hydrogens is 232 g/mol. The van der Waals surface area contributed by atoms with Gasteiger partial charge < -0.3 is 10.6 Å². The van der Waals surface area contributed by atoms with Crippen LogP contribution in [0.15, 0.2) is 48.5 Å². The fourth-order valence-electron chi connectivity index (χ4n) is 2.92. The molecule has 0 saturated carbocycles. The zero-order valence-corrected chi connectivity index (χ0v) is 11.3. The fourth-order valence-corrected chi connectivity index (χ4v) is 2.92. The molecule has 0 fully saturated rings. The van der Waals surface area contributed by atoms with Gasteiger partial charge >= 0.3 is 0 Å². The minimum atomic E-state index is 0.282. The molecule has 0 spiro atoms. The SMILES string of the molecule is Cc1ccc(C(CN)N2CCc3ccccc32)cc1. The average molecular weight is 252 g/mol. The first-order valence-corrected chi connectivity index (χ1v) is 6.91. The van der Waals surface area contributed by atoms with Crippen molar-refractivity contribution in [3.8, 4) is 0 Å². The van der Waals surface area contributed by atoms with Crippen LogP contribution >= 0.6 is 0 Å². The third kappa shape index (κ3) is 2.24. The lowest BCUT2D eigenvalue weighted by atomic mass is 10.0. The van der Waals surface area contributed by atoms with Crippen LogP contribution in [0.5, 0.6) is 0 Å². The van der Waals surface area contributed by atoms with Gasteiger partial charge in [-0.3, -0.25) is 0 Å². The Hall–Kier alpha value is -1.80. The van der Waals surface area contributed by atoms with E-state index >= 15 is 0 Å². The number of nitrogens with zero attached hydrogens (tertiary/aromatic N) is 1. The zero-order valence-electron chi connectivity index (χ0n) is 11.3. The summed E-state index contributed by atoms with van der Waals surface area (Å²) < 4.78 is 0. The van der Waals surface area contributed by atoms with E-state index in [0.29, 0.717) is 6.54 Å². The van der Waals surface area contributed by atoms with Gasteiger partial charge in [0.1, 0.15) is 0 Å². The van der Waals surface area contributed by atoms with Gasteiger partial charge in [-0.25, -0.2) is 0 Å². The molecule has 0 radical (unpaired) electrons. The van der Waals surface area contributed by atoms with E-state index < -0.39 is 0 Å². The summed E-state index contributed by atoms with van der Waals surface area (Å²) in [6, 6.07) is 17.7. The predicted octanol–water partition coefficient (Wildman–Crippen LogP) is 3.06. The number of aryl methyl sites for hydroxylation is 1. The highest BCUT2D eigenvalue weighted by Crippen LogP contribution is 2.34. The van der Waals surface area contributed by atoms with Gasteiger partial charge in [0.25, 0.3) is 0 Å². The first-order chi connectivity index (χ1) is 9.29. The van der Waals surface area contributed by atoms with Crippen molar-refractivity contribution in [3.63, 3.8) is 0 Å². The Morgan fingerprint density at radius 3 is 2.58 bits per heavy atom. The molecule has 2 heteroatoms. The molecule has 0 aromatic heterocycles. The molecule has 98 valence electrons. The second-order valence-electron chi connectivity index (χ2n) is 5.23. The maximum atomic E-state index is 6.04. The summed E-state index contributed by atoms with van der Waals surface area (Å²) in [5.41, 5.74) is 11.4. The van der Waals surface area contributed by atoms with Gasteiger partial charge in [-0.05, 0) is 30.5 Å². The van der Waals surface area contributed by atoms with Crippen molar-refractivity contribution in [2.75, 3.05) is 18.0 Å². The number of anilines is 1. The van der Waals surface area contributed by atoms with Gasteiger partial charge in [0.15, 0.2) is 0 Å². The van der Waals surface area contributed by atoms with Crippen molar-refractivity contribution in [3.05, 3.63) is 65.2 Å². The Morgan fingerprint density at radius 1 is 1.11 bits per heavy atom. The number of para-hydroxylation sites is 1. The van der Waals surface area contributed by atoms with Crippen LogP contribution in [0.4, 0.5) is 5.69 Å². The standard InChI is InChI=1S/C17H20N2/c1-13-6-8-15(9-7-13)17(12-18)19-11-10-14-4-2-3-5-16(14)19/h2-9,17H,10-12,18H2,1H3. The van der Waals surface area contributed by atoms with Crippen LogP contribution in [0.1, 0.15) is 22.7 Å². The maximum Gasteiger partial charge on any atom is 0.0665 e. The fraction of sp³-hybridized carbons (Fsp3) is 0.294. The predicted molar refractivity (Wildman–Crippen MR) is 80.5 cm³/mol. The van der Waals surface area contributed by atoms with Gasteiger partial charge in [0.05, 0.1) is 6.04 Å². The molecule has 19 heavy (non-hydrogen) atoms. The lowest BCUT2D eigenvalue weighted by Gasteiger charge is -2.30. The Kier molecular flexibility index (Phi) is 3.26. The normalized spacial score (nSPS) is 15.4. The topological polar surface area (TPSA) is 29.3 Å².